The lowest BCUT2D eigenvalue weighted by Crippen LogP contribution is -2.24. The van der Waals surface area contributed by atoms with Gasteiger partial charge in [-0.2, -0.15) is 12.6 Å². The van der Waals surface area contributed by atoms with Crippen molar-refractivity contribution in [1.82, 2.24) is 0 Å². The van der Waals surface area contributed by atoms with E-state index in [1.807, 2.05) is 0 Å². The predicted molar refractivity (Wildman–Crippen MR) is 105 cm³/mol. The Balaban J connectivity index is 2.16. The van der Waals surface area contributed by atoms with Crippen molar-refractivity contribution in [2.24, 2.45) is 17.8 Å². The zero-order chi connectivity index (χ0) is 16.8. The van der Waals surface area contributed by atoms with Crippen molar-refractivity contribution in [1.29, 1.82) is 0 Å². The Morgan fingerprint density at radius 1 is 0.826 bits per heavy atom. The largest absolute Gasteiger partial charge is 0.303 e. The molecule has 0 aromatic rings. The lowest BCUT2D eigenvalue weighted by molar-refractivity contribution is -0.107. The van der Waals surface area contributed by atoms with E-state index in [9.17, 15) is 4.79 Å². The third-order valence-corrected chi connectivity index (χ3v) is 6.10. The maximum Gasteiger partial charge on any atom is 0.119 e. The fourth-order valence-corrected chi connectivity index (χ4v) is 4.56. The van der Waals surface area contributed by atoms with Crippen molar-refractivity contribution in [3.8, 4) is 0 Å². The van der Waals surface area contributed by atoms with E-state index in [-0.39, 0.29) is 0 Å². The molecule has 0 heterocycles. The van der Waals surface area contributed by atoms with Crippen molar-refractivity contribution in [2.45, 2.75) is 103 Å². The topological polar surface area (TPSA) is 17.1 Å². The quantitative estimate of drug-likeness (QED) is 0.208. The van der Waals surface area contributed by atoms with Crippen LogP contribution < -0.4 is 0 Å². The zero-order valence-electron chi connectivity index (χ0n) is 15.5. The van der Waals surface area contributed by atoms with Crippen LogP contribution in [-0.2, 0) is 4.79 Å². The number of unbranched alkanes of at least 4 members (excludes halogenated alkanes) is 8. The Morgan fingerprint density at radius 3 is 2.13 bits per heavy atom. The summed E-state index contributed by atoms with van der Waals surface area (Å²) in [5.41, 5.74) is 0. The molecular formula is C21H40OS. The van der Waals surface area contributed by atoms with E-state index in [0.29, 0.717) is 0 Å². The molecule has 1 aliphatic rings. The number of carbonyl (C=O) groups is 1. The monoisotopic (exact) mass is 340 g/mol. The van der Waals surface area contributed by atoms with Crippen LogP contribution in [0.5, 0.6) is 0 Å². The summed E-state index contributed by atoms with van der Waals surface area (Å²) >= 11 is 4.29. The van der Waals surface area contributed by atoms with Crippen molar-refractivity contribution in [3.63, 3.8) is 0 Å². The van der Waals surface area contributed by atoms with Gasteiger partial charge in [0, 0.05) is 6.42 Å². The number of carbonyl (C=O) groups excluding carboxylic acids is 1. The van der Waals surface area contributed by atoms with Crippen LogP contribution in [0.4, 0.5) is 0 Å². The summed E-state index contributed by atoms with van der Waals surface area (Å²) in [6, 6.07) is 0. The van der Waals surface area contributed by atoms with Crippen LogP contribution in [0, 0.1) is 17.8 Å². The van der Waals surface area contributed by atoms with Gasteiger partial charge in [-0.15, -0.1) is 0 Å². The molecule has 0 amide bonds. The molecule has 1 fully saturated rings. The predicted octanol–water partition coefficient (Wildman–Crippen LogP) is 6.85. The minimum absolute atomic E-state index is 0.761. The Morgan fingerprint density at radius 2 is 1.43 bits per heavy atom. The molecule has 0 spiro atoms. The van der Waals surface area contributed by atoms with Gasteiger partial charge in [0.2, 0.25) is 0 Å². The highest BCUT2D eigenvalue weighted by atomic mass is 32.1. The standard InChI is InChI=1S/C21H40OS/c1-19-14-15-20(12-8-4-2-6-10-16-22)21(18-19)13-9-5-3-7-11-17-23/h16,19-21,23H,2-15,17-18H2,1H3. The van der Waals surface area contributed by atoms with Crippen LogP contribution >= 0.6 is 12.6 Å². The maximum absolute atomic E-state index is 10.3. The number of rotatable bonds is 14. The fraction of sp³-hybridized carbons (Fsp3) is 0.952. The summed E-state index contributed by atoms with van der Waals surface area (Å²) in [5, 5.41) is 0. The van der Waals surface area contributed by atoms with Crippen LogP contribution in [-0.4, -0.2) is 12.0 Å². The second-order valence-electron chi connectivity index (χ2n) is 7.88. The van der Waals surface area contributed by atoms with E-state index in [4.69, 9.17) is 0 Å². The van der Waals surface area contributed by atoms with E-state index in [1.165, 1.54) is 83.5 Å². The van der Waals surface area contributed by atoms with E-state index in [1.54, 1.807) is 0 Å². The summed E-state index contributed by atoms with van der Waals surface area (Å²) < 4.78 is 0. The first-order chi connectivity index (χ1) is 11.3. The molecule has 1 nitrogen and oxygen atoms in total. The summed E-state index contributed by atoms with van der Waals surface area (Å²) in [6.07, 6.45) is 21.1. The number of hydrogen-bond donors (Lipinski definition) is 1. The van der Waals surface area contributed by atoms with E-state index < -0.39 is 0 Å². The van der Waals surface area contributed by atoms with Crippen molar-refractivity contribution >= 4 is 18.9 Å². The molecule has 0 bridgehead atoms. The van der Waals surface area contributed by atoms with Gasteiger partial charge in [0.05, 0.1) is 0 Å². The molecule has 0 N–H and O–H groups in total. The molecule has 3 unspecified atom stereocenters. The van der Waals surface area contributed by atoms with E-state index in [0.717, 1.165) is 42.6 Å². The Bertz CT molecular complexity index is 279. The van der Waals surface area contributed by atoms with Gasteiger partial charge >= 0.3 is 0 Å². The summed E-state index contributed by atoms with van der Waals surface area (Å²) in [5.74, 6) is 4.00. The summed E-state index contributed by atoms with van der Waals surface area (Å²) in [7, 11) is 0. The normalized spacial score (nSPS) is 24.7. The average molecular weight is 341 g/mol. The highest BCUT2D eigenvalue weighted by Gasteiger charge is 2.27. The Labute approximate surface area is 150 Å². The third-order valence-electron chi connectivity index (χ3n) is 5.78. The van der Waals surface area contributed by atoms with Crippen LogP contribution in [0.2, 0.25) is 0 Å². The fourth-order valence-electron chi connectivity index (χ4n) is 4.33. The smallest absolute Gasteiger partial charge is 0.119 e. The molecule has 1 aliphatic carbocycles. The van der Waals surface area contributed by atoms with Gasteiger partial charge in [0.15, 0.2) is 0 Å². The molecule has 0 saturated heterocycles. The molecule has 23 heavy (non-hydrogen) atoms. The van der Waals surface area contributed by atoms with E-state index >= 15 is 0 Å². The summed E-state index contributed by atoms with van der Waals surface area (Å²) in [4.78, 5) is 10.3. The second-order valence-corrected chi connectivity index (χ2v) is 8.32. The number of hydrogen-bond acceptors (Lipinski definition) is 2. The minimum atomic E-state index is 0.761. The van der Waals surface area contributed by atoms with Crippen LogP contribution in [0.3, 0.4) is 0 Å². The molecule has 0 aromatic carbocycles. The van der Waals surface area contributed by atoms with E-state index in [2.05, 4.69) is 19.6 Å². The van der Waals surface area contributed by atoms with Gasteiger partial charge in [0.25, 0.3) is 0 Å². The highest BCUT2D eigenvalue weighted by Crippen LogP contribution is 2.39. The molecule has 3 atom stereocenters. The Hall–Kier alpha value is 0.0200. The maximum atomic E-state index is 10.3. The van der Waals surface area contributed by atoms with Crippen molar-refractivity contribution in [2.75, 3.05) is 5.75 Å². The molecule has 136 valence electrons. The molecule has 0 aliphatic heterocycles. The molecule has 0 radical (unpaired) electrons. The molecular weight excluding hydrogens is 300 g/mol. The highest BCUT2D eigenvalue weighted by molar-refractivity contribution is 7.80. The van der Waals surface area contributed by atoms with Crippen molar-refractivity contribution < 1.29 is 4.79 Å². The average Bonchev–Trinajstić information content (AvgIpc) is 2.55. The second kappa shape index (κ2) is 14.4. The van der Waals surface area contributed by atoms with Crippen LogP contribution in [0.25, 0.3) is 0 Å². The third kappa shape index (κ3) is 10.5. The molecule has 1 rings (SSSR count). The number of thiol groups is 1. The van der Waals surface area contributed by atoms with Crippen molar-refractivity contribution in [3.05, 3.63) is 0 Å². The lowest BCUT2D eigenvalue weighted by Gasteiger charge is -2.35. The van der Waals surface area contributed by atoms with Gasteiger partial charge in [-0.05, 0) is 49.2 Å². The number of aldehydes is 1. The van der Waals surface area contributed by atoms with Gasteiger partial charge in [-0.1, -0.05) is 71.1 Å². The zero-order valence-corrected chi connectivity index (χ0v) is 16.4. The lowest BCUT2D eigenvalue weighted by atomic mass is 9.71. The summed E-state index contributed by atoms with van der Waals surface area (Å²) in [6.45, 7) is 2.45. The molecule has 2 heteroatoms. The van der Waals surface area contributed by atoms with Gasteiger partial charge < -0.3 is 4.79 Å². The molecule has 0 aromatic heterocycles. The van der Waals surface area contributed by atoms with Gasteiger partial charge in [-0.25, -0.2) is 0 Å². The van der Waals surface area contributed by atoms with Gasteiger partial charge in [-0.3, -0.25) is 0 Å². The first-order valence-corrected chi connectivity index (χ1v) is 11.0. The molecule has 1 saturated carbocycles. The first-order valence-electron chi connectivity index (χ1n) is 10.3. The van der Waals surface area contributed by atoms with Gasteiger partial charge in [0.1, 0.15) is 6.29 Å². The Kier molecular flexibility index (Phi) is 13.2. The van der Waals surface area contributed by atoms with Crippen LogP contribution in [0.15, 0.2) is 0 Å². The first kappa shape index (κ1) is 21.1. The van der Waals surface area contributed by atoms with Crippen LogP contribution in [0.1, 0.15) is 103 Å². The SMILES string of the molecule is CC1CCC(CCCCCCC=O)C(CCCCCCCS)C1. The minimum Gasteiger partial charge on any atom is -0.303 e.